The van der Waals surface area contributed by atoms with Gasteiger partial charge in [0.15, 0.2) is 0 Å². The van der Waals surface area contributed by atoms with E-state index in [1.54, 1.807) is 13.8 Å². The van der Waals surface area contributed by atoms with Gasteiger partial charge in [-0.2, -0.15) is 5.10 Å². The van der Waals surface area contributed by atoms with Crippen molar-refractivity contribution in [3.63, 3.8) is 0 Å². The maximum absolute atomic E-state index is 12.0. The Morgan fingerprint density at radius 3 is 2.70 bits per heavy atom. The maximum atomic E-state index is 12.0. The first-order valence-electron chi connectivity index (χ1n) is 7.01. The average molecular weight is 281 g/mol. The fourth-order valence-corrected chi connectivity index (χ4v) is 1.86. The number of hydrogen-bond acceptors (Lipinski definition) is 4. The van der Waals surface area contributed by atoms with E-state index in [0.29, 0.717) is 12.2 Å². The van der Waals surface area contributed by atoms with Gasteiger partial charge in [0.1, 0.15) is 6.04 Å². The number of hydrogen-bond donors (Lipinski definition) is 1. The number of nitrogens with one attached hydrogen (secondary N) is 1. The Hall–Kier alpha value is -1.85. The molecule has 0 fully saturated rings. The van der Waals surface area contributed by atoms with Crippen molar-refractivity contribution < 1.29 is 14.3 Å². The Labute approximate surface area is 119 Å². The molecule has 0 saturated carbocycles. The van der Waals surface area contributed by atoms with Crippen LogP contribution in [0.4, 0.5) is 0 Å². The molecular weight excluding hydrogens is 258 g/mol. The van der Waals surface area contributed by atoms with Crippen molar-refractivity contribution in [1.82, 2.24) is 15.1 Å². The zero-order valence-corrected chi connectivity index (χ0v) is 12.5. The fourth-order valence-electron chi connectivity index (χ4n) is 1.86. The van der Waals surface area contributed by atoms with E-state index >= 15 is 0 Å². The molecule has 112 valence electrons. The van der Waals surface area contributed by atoms with Crippen molar-refractivity contribution in [2.24, 2.45) is 0 Å². The number of carbonyl (C=O) groups is 2. The zero-order chi connectivity index (χ0) is 15.1. The number of aromatic nitrogens is 2. The quantitative estimate of drug-likeness (QED) is 0.775. The third kappa shape index (κ3) is 4.36. The Kier molecular flexibility index (Phi) is 6.21. The van der Waals surface area contributed by atoms with E-state index in [-0.39, 0.29) is 11.9 Å². The second kappa shape index (κ2) is 7.67. The molecule has 0 bridgehead atoms. The third-order valence-corrected chi connectivity index (χ3v) is 3.00. The van der Waals surface area contributed by atoms with E-state index in [0.717, 1.165) is 12.8 Å². The molecule has 0 spiro atoms. The second-order valence-corrected chi connectivity index (χ2v) is 4.80. The normalized spacial score (nSPS) is 13.6. The Bertz CT molecular complexity index is 456. The Morgan fingerprint density at radius 1 is 1.40 bits per heavy atom. The summed E-state index contributed by atoms with van der Waals surface area (Å²) in [5.41, 5.74) is 0.355. The number of carbonyl (C=O) groups excluding carboxylic acids is 2. The molecule has 0 aliphatic rings. The summed E-state index contributed by atoms with van der Waals surface area (Å²) in [6, 6.07) is -0.326. The summed E-state index contributed by atoms with van der Waals surface area (Å²) in [5, 5.41) is 6.98. The molecule has 20 heavy (non-hydrogen) atoms. The summed E-state index contributed by atoms with van der Waals surface area (Å²) >= 11 is 0. The molecule has 6 nitrogen and oxygen atoms in total. The summed E-state index contributed by atoms with van der Waals surface area (Å²) < 4.78 is 6.36. The summed E-state index contributed by atoms with van der Waals surface area (Å²) in [6.45, 7) is 7.85. The molecular formula is C14H23N3O3. The lowest BCUT2D eigenvalue weighted by molar-refractivity contribution is -0.124. The van der Waals surface area contributed by atoms with Crippen LogP contribution in [0.15, 0.2) is 12.4 Å². The molecule has 0 aliphatic heterocycles. The molecule has 1 aromatic rings. The van der Waals surface area contributed by atoms with Gasteiger partial charge in [0.2, 0.25) is 5.91 Å². The monoisotopic (exact) mass is 281 g/mol. The standard InChI is InChI=1S/C14H23N3O3/c1-5-7-10(3)16-13(18)11(4)17-9-12(8-15-17)14(19)20-6-2/h8-11H,5-7H2,1-4H3,(H,16,18). The van der Waals surface area contributed by atoms with Gasteiger partial charge < -0.3 is 10.1 Å². The summed E-state index contributed by atoms with van der Waals surface area (Å²) in [6.07, 6.45) is 4.90. The van der Waals surface area contributed by atoms with Crippen LogP contribution in [0.25, 0.3) is 0 Å². The van der Waals surface area contributed by atoms with E-state index < -0.39 is 12.0 Å². The minimum atomic E-state index is -0.461. The topological polar surface area (TPSA) is 73.2 Å². The first-order chi connectivity index (χ1) is 9.49. The molecule has 0 aromatic carbocycles. The van der Waals surface area contributed by atoms with Crippen molar-refractivity contribution in [3.8, 4) is 0 Å². The van der Waals surface area contributed by atoms with Crippen LogP contribution in [0.3, 0.4) is 0 Å². The number of rotatable bonds is 7. The second-order valence-electron chi connectivity index (χ2n) is 4.80. The highest BCUT2D eigenvalue weighted by atomic mass is 16.5. The van der Waals surface area contributed by atoms with Gasteiger partial charge in [-0.05, 0) is 27.2 Å². The number of esters is 1. The van der Waals surface area contributed by atoms with Crippen LogP contribution < -0.4 is 5.32 Å². The van der Waals surface area contributed by atoms with Gasteiger partial charge in [-0.15, -0.1) is 0 Å². The molecule has 1 rings (SSSR count). The molecule has 2 atom stereocenters. The first-order valence-corrected chi connectivity index (χ1v) is 7.01. The van der Waals surface area contributed by atoms with Crippen molar-refractivity contribution >= 4 is 11.9 Å². The number of nitrogens with zero attached hydrogens (tertiary/aromatic N) is 2. The maximum Gasteiger partial charge on any atom is 0.341 e. The van der Waals surface area contributed by atoms with Crippen LogP contribution in [-0.4, -0.2) is 34.3 Å². The van der Waals surface area contributed by atoms with Crippen molar-refractivity contribution in [3.05, 3.63) is 18.0 Å². The molecule has 2 unspecified atom stereocenters. The first kappa shape index (κ1) is 16.2. The summed E-state index contributed by atoms with van der Waals surface area (Å²) in [5.74, 6) is -0.532. The van der Waals surface area contributed by atoms with E-state index in [1.807, 2.05) is 6.92 Å². The highest BCUT2D eigenvalue weighted by Crippen LogP contribution is 2.09. The Morgan fingerprint density at radius 2 is 2.10 bits per heavy atom. The Balaban J connectivity index is 2.65. The van der Waals surface area contributed by atoms with Crippen LogP contribution in [-0.2, 0) is 9.53 Å². The van der Waals surface area contributed by atoms with E-state index in [9.17, 15) is 9.59 Å². The lowest BCUT2D eigenvalue weighted by Crippen LogP contribution is -2.37. The van der Waals surface area contributed by atoms with Crippen LogP contribution in [0.2, 0.25) is 0 Å². The van der Waals surface area contributed by atoms with E-state index in [4.69, 9.17) is 4.74 Å². The third-order valence-electron chi connectivity index (χ3n) is 3.00. The average Bonchev–Trinajstić information content (AvgIpc) is 2.87. The highest BCUT2D eigenvalue weighted by Gasteiger charge is 2.19. The van der Waals surface area contributed by atoms with Crippen LogP contribution in [0.1, 0.15) is 56.9 Å². The molecule has 1 N–H and O–H groups in total. The molecule has 0 radical (unpaired) electrons. The van der Waals surface area contributed by atoms with Gasteiger partial charge in [0.05, 0.1) is 18.4 Å². The summed E-state index contributed by atoms with van der Waals surface area (Å²) in [4.78, 5) is 23.6. The minimum absolute atomic E-state index is 0.107. The van der Waals surface area contributed by atoms with Gasteiger partial charge in [0.25, 0.3) is 0 Å². The van der Waals surface area contributed by atoms with Crippen LogP contribution in [0.5, 0.6) is 0 Å². The summed E-state index contributed by atoms with van der Waals surface area (Å²) in [7, 11) is 0. The smallest absolute Gasteiger partial charge is 0.341 e. The molecule has 6 heteroatoms. The van der Waals surface area contributed by atoms with Crippen LogP contribution >= 0.6 is 0 Å². The van der Waals surface area contributed by atoms with Crippen LogP contribution in [0, 0.1) is 0 Å². The van der Waals surface area contributed by atoms with Crippen molar-refractivity contribution in [2.45, 2.75) is 52.6 Å². The molecule has 1 amide bonds. The van der Waals surface area contributed by atoms with Gasteiger partial charge in [-0.25, -0.2) is 4.79 Å². The molecule has 0 aliphatic carbocycles. The fraction of sp³-hybridized carbons (Fsp3) is 0.643. The number of ether oxygens (including phenoxy) is 1. The van der Waals surface area contributed by atoms with Gasteiger partial charge >= 0.3 is 5.97 Å². The predicted octanol–water partition coefficient (Wildman–Crippen LogP) is 1.93. The largest absolute Gasteiger partial charge is 0.462 e. The zero-order valence-electron chi connectivity index (χ0n) is 12.5. The van der Waals surface area contributed by atoms with E-state index in [1.165, 1.54) is 17.1 Å². The van der Waals surface area contributed by atoms with Crippen molar-refractivity contribution in [2.75, 3.05) is 6.61 Å². The van der Waals surface area contributed by atoms with Gasteiger partial charge in [0, 0.05) is 12.2 Å². The lowest BCUT2D eigenvalue weighted by Gasteiger charge is -2.17. The van der Waals surface area contributed by atoms with Gasteiger partial charge in [-0.3, -0.25) is 9.48 Å². The van der Waals surface area contributed by atoms with Crippen molar-refractivity contribution in [1.29, 1.82) is 0 Å². The molecule has 1 aromatic heterocycles. The van der Waals surface area contributed by atoms with Gasteiger partial charge in [-0.1, -0.05) is 13.3 Å². The minimum Gasteiger partial charge on any atom is -0.462 e. The van der Waals surface area contributed by atoms with E-state index in [2.05, 4.69) is 17.3 Å². The molecule has 1 heterocycles. The predicted molar refractivity (Wildman–Crippen MR) is 75.4 cm³/mol. The SMILES string of the molecule is CCCC(C)NC(=O)C(C)n1cc(C(=O)OCC)cn1. The highest BCUT2D eigenvalue weighted by molar-refractivity contribution is 5.89. The lowest BCUT2D eigenvalue weighted by atomic mass is 10.2. The number of amides is 1. The molecule has 0 saturated heterocycles.